The van der Waals surface area contributed by atoms with E-state index >= 15 is 0 Å². The minimum absolute atomic E-state index is 0.0128. The molecule has 0 unspecified atom stereocenters. The molecule has 0 aliphatic heterocycles. The third kappa shape index (κ3) is 6.34. The second-order valence-corrected chi connectivity index (χ2v) is 5.11. The van der Waals surface area contributed by atoms with Crippen LogP contribution in [0.4, 0.5) is 18.9 Å². The van der Waals surface area contributed by atoms with Crippen molar-refractivity contribution in [2.24, 2.45) is 0 Å². The van der Waals surface area contributed by atoms with Gasteiger partial charge in [0.1, 0.15) is 12.7 Å². The van der Waals surface area contributed by atoms with Crippen LogP contribution in [0.2, 0.25) is 0 Å². The van der Waals surface area contributed by atoms with Crippen LogP contribution in [0.15, 0.2) is 30.3 Å². The van der Waals surface area contributed by atoms with Gasteiger partial charge in [-0.15, -0.1) is 0 Å². The maximum Gasteiger partial charge on any atom is 0.411 e. The molecule has 1 aromatic carbocycles. The lowest BCUT2D eigenvalue weighted by atomic mass is 10.2. The predicted molar refractivity (Wildman–Crippen MR) is 78.8 cm³/mol. The van der Waals surface area contributed by atoms with Crippen molar-refractivity contribution in [1.82, 2.24) is 5.32 Å². The van der Waals surface area contributed by atoms with Gasteiger partial charge in [-0.05, 0) is 26.0 Å². The number of ether oxygens (including phenoxy) is 1. The predicted octanol–water partition coefficient (Wildman–Crippen LogP) is 2.59. The van der Waals surface area contributed by atoms with Gasteiger partial charge in [0, 0.05) is 25.3 Å². The monoisotopic (exact) mass is 318 g/mol. The van der Waals surface area contributed by atoms with Crippen molar-refractivity contribution < 1.29 is 22.7 Å². The van der Waals surface area contributed by atoms with Gasteiger partial charge >= 0.3 is 6.18 Å². The minimum atomic E-state index is -4.44. The second-order valence-electron chi connectivity index (χ2n) is 5.11. The van der Waals surface area contributed by atoms with E-state index in [1.54, 1.807) is 0 Å². The number of halogens is 3. The summed E-state index contributed by atoms with van der Waals surface area (Å²) in [7, 11) is 1.88. The molecule has 4 nitrogen and oxygen atoms in total. The Morgan fingerprint density at radius 1 is 1.27 bits per heavy atom. The average molecular weight is 318 g/mol. The summed E-state index contributed by atoms with van der Waals surface area (Å²) < 4.78 is 40.6. The van der Waals surface area contributed by atoms with Gasteiger partial charge in [-0.1, -0.05) is 18.2 Å². The Balaban J connectivity index is 2.40. The van der Waals surface area contributed by atoms with Crippen molar-refractivity contribution in [3.63, 3.8) is 0 Å². The Morgan fingerprint density at radius 2 is 1.86 bits per heavy atom. The third-order valence-corrected chi connectivity index (χ3v) is 3.26. The molecule has 1 N–H and O–H groups in total. The summed E-state index contributed by atoms with van der Waals surface area (Å²) in [6.45, 7) is 2.09. The van der Waals surface area contributed by atoms with E-state index in [0.717, 1.165) is 5.69 Å². The zero-order chi connectivity index (χ0) is 16.8. The fraction of sp³-hybridized carbons (Fsp3) is 0.533. The van der Waals surface area contributed by atoms with Crippen molar-refractivity contribution in [2.75, 3.05) is 25.1 Å². The van der Waals surface area contributed by atoms with Crippen LogP contribution in [0, 0.1) is 0 Å². The van der Waals surface area contributed by atoms with Gasteiger partial charge in [-0.2, -0.15) is 13.2 Å². The van der Waals surface area contributed by atoms with Gasteiger partial charge in [0.25, 0.3) is 0 Å². The fourth-order valence-electron chi connectivity index (χ4n) is 1.74. The Hall–Kier alpha value is -1.76. The lowest BCUT2D eigenvalue weighted by Crippen LogP contribution is -2.44. The Bertz CT molecular complexity index is 466. The lowest BCUT2D eigenvalue weighted by molar-refractivity contribution is -0.185. The number of carbonyl (C=O) groups is 1. The van der Waals surface area contributed by atoms with Crippen molar-refractivity contribution in [1.29, 1.82) is 0 Å². The van der Waals surface area contributed by atoms with Crippen LogP contribution in [-0.2, 0) is 9.53 Å². The van der Waals surface area contributed by atoms with Crippen molar-refractivity contribution in [3.05, 3.63) is 30.3 Å². The Kier molecular flexibility index (Phi) is 6.67. The van der Waals surface area contributed by atoms with E-state index in [-0.39, 0.29) is 6.04 Å². The van der Waals surface area contributed by atoms with Crippen molar-refractivity contribution in [2.45, 2.75) is 32.2 Å². The van der Waals surface area contributed by atoms with Crippen LogP contribution in [0.3, 0.4) is 0 Å². The quantitative estimate of drug-likeness (QED) is 0.840. The molecule has 0 aliphatic carbocycles. The summed E-state index contributed by atoms with van der Waals surface area (Å²) >= 11 is 0. The normalized spacial score (nSPS) is 14.3. The topological polar surface area (TPSA) is 41.6 Å². The number of benzene rings is 1. The summed E-state index contributed by atoms with van der Waals surface area (Å²) in [4.78, 5) is 13.7. The zero-order valence-electron chi connectivity index (χ0n) is 12.9. The number of rotatable bonds is 7. The lowest BCUT2D eigenvalue weighted by Gasteiger charge is -2.27. The second kappa shape index (κ2) is 8.03. The SMILES string of the molecule is C[C@H](OCC(F)(F)F)C(=O)NC[C@@H](C)N(C)c1ccccc1. The number of hydrogen-bond donors (Lipinski definition) is 1. The van der Waals surface area contributed by atoms with Gasteiger partial charge in [0.15, 0.2) is 0 Å². The number of nitrogens with one attached hydrogen (secondary N) is 1. The molecule has 2 atom stereocenters. The average Bonchev–Trinajstić information content (AvgIpc) is 2.49. The van der Waals surface area contributed by atoms with E-state index in [0.29, 0.717) is 6.54 Å². The van der Waals surface area contributed by atoms with E-state index < -0.39 is 24.8 Å². The number of nitrogens with zero attached hydrogens (tertiary/aromatic N) is 1. The molecule has 0 aliphatic rings. The zero-order valence-corrected chi connectivity index (χ0v) is 12.9. The molecule has 0 saturated heterocycles. The van der Waals surface area contributed by atoms with Gasteiger partial charge in [-0.25, -0.2) is 0 Å². The summed E-state index contributed by atoms with van der Waals surface area (Å²) in [5.74, 6) is -0.558. The first-order chi connectivity index (χ1) is 10.2. The molecule has 0 radical (unpaired) electrons. The molecule has 1 aromatic rings. The largest absolute Gasteiger partial charge is 0.411 e. The molecule has 0 saturated carbocycles. The van der Waals surface area contributed by atoms with Crippen LogP contribution < -0.4 is 10.2 Å². The van der Waals surface area contributed by atoms with Crippen LogP contribution in [-0.4, -0.2) is 44.4 Å². The number of likely N-dealkylation sites (N-methyl/N-ethyl adjacent to an activating group) is 1. The van der Waals surface area contributed by atoms with E-state index in [2.05, 4.69) is 10.1 Å². The highest BCUT2D eigenvalue weighted by molar-refractivity contribution is 5.80. The molecule has 7 heteroatoms. The number of alkyl halides is 3. The highest BCUT2D eigenvalue weighted by Crippen LogP contribution is 2.16. The summed E-state index contributed by atoms with van der Waals surface area (Å²) in [5.41, 5.74) is 0.991. The first kappa shape index (κ1) is 18.3. The molecule has 0 heterocycles. The molecular formula is C15H21F3N2O2. The maximum absolute atomic E-state index is 12.0. The first-order valence-electron chi connectivity index (χ1n) is 6.94. The summed E-state index contributed by atoms with van der Waals surface area (Å²) in [6, 6.07) is 9.58. The van der Waals surface area contributed by atoms with Gasteiger partial charge < -0.3 is 15.0 Å². The molecule has 1 amide bonds. The molecular weight excluding hydrogens is 297 g/mol. The fourth-order valence-corrected chi connectivity index (χ4v) is 1.74. The Morgan fingerprint density at radius 3 is 2.41 bits per heavy atom. The van der Waals surface area contributed by atoms with E-state index in [1.165, 1.54) is 6.92 Å². The molecule has 22 heavy (non-hydrogen) atoms. The van der Waals surface area contributed by atoms with E-state index in [4.69, 9.17) is 0 Å². The van der Waals surface area contributed by atoms with Crippen LogP contribution >= 0.6 is 0 Å². The number of amides is 1. The maximum atomic E-state index is 12.0. The third-order valence-electron chi connectivity index (χ3n) is 3.26. The molecule has 0 fully saturated rings. The Labute approximate surface area is 128 Å². The molecule has 0 spiro atoms. The van der Waals surface area contributed by atoms with E-state index in [1.807, 2.05) is 49.2 Å². The standard InChI is InChI=1S/C15H21F3N2O2/c1-11(20(3)13-7-5-4-6-8-13)9-19-14(21)12(2)22-10-15(16,17)18/h4-8,11-12H,9-10H2,1-3H3,(H,19,21)/t11-,12+/m1/s1. The highest BCUT2D eigenvalue weighted by Gasteiger charge is 2.30. The van der Waals surface area contributed by atoms with Crippen LogP contribution in [0.5, 0.6) is 0 Å². The first-order valence-corrected chi connectivity index (χ1v) is 6.94. The summed E-state index contributed by atoms with van der Waals surface area (Å²) in [6.07, 6.45) is -5.58. The smallest absolute Gasteiger partial charge is 0.370 e. The summed E-state index contributed by atoms with van der Waals surface area (Å²) in [5, 5.41) is 2.60. The van der Waals surface area contributed by atoms with Gasteiger partial charge in [0.2, 0.25) is 5.91 Å². The van der Waals surface area contributed by atoms with Gasteiger partial charge in [-0.3, -0.25) is 4.79 Å². The molecule has 0 bridgehead atoms. The van der Waals surface area contributed by atoms with Gasteiger partial charge in [0.05, 0.1) is 0 Å². The van der Waals surface area contributed by atoms with Crippen LogP contribution in [0.1, 0.15) is 13.8 Å². The number of hydrogen-bond acceptors (Lipinski definition) is 3. The van der Waals surface area contributed by atoms with Crippen molar-refractivity contribution in [3.8, 4) is 0 Å². The number of para-hydroxylation sites is 1. The van der Waals surface area contributed by atoms with E-state index in [9.17, 15) is 18.0 Å². The van der Waals surface area contributed by atoms with Crippen molar-refractivity contribution >= 4 is 11.6 Å². The highest BCUT2D eigenvalue weighted by atomic mass is 19.4. The molecule has 124 valence electrons. The number of anilines is 1. The molecule has 0 aromatic heterocycles. The molecule has 1 rings (SSSR count). The number of carbonyl (C=O) groups excluding carboxylic acids is 1. The van der Waals surface area contributed by atoms with Crippen LogP contribution in [0.25, 0.3) is 0 Å². The minimum Gasteiger partial charge on any atom is -0.370 e.